The van der Waals surface area contributed by atoms with Crippen LogP contribution in [0.4, 0.5) is 0 Å². The Morgan fingerprint density at radius 1 is 1.07 bits per heavy atom. The zero-order valence-electron chi connectivity index (χ0n) is 15.2. The summed E-state index contributed by atoms with van der Waals surface area (Å²) in [5.41, 5.74) is 9.15. The van der Waals surface area contributed by atoms with Crippen molar-refractivity contribution in [2.45, 2.75) is 18.8 Å². The van der Waals surface area contributed by atoms with Crippen molar-refractivity contribution in [1.29, 1.82) is 5.26 Å². The van der Waals surface area contributed by atoms with Crippen LogP contribution in [-0.2, 0) is 6.61 Å². The van der Waals surface area contributed by atoms with E-state index in [-0.39, 0.29) is 12.1 Å². The molecule has 28 heavy (non-hydrogen) atoms. The summed E-state index contributed by atoms with van der Waals surface area (Å²) in [7, 11) is 0. The lowest BCUT2D eigenvalue weighted by Crippen LogP contribution is -2.27. The smallest absolute Gasteiger partial charge is 0.133 e. The first-order chi connectivity index (χ1) is 13.8. The van der Waals surface area contributed by atoms with Crippen molar-refractivity contribution in [2.24, 2.45) is 0 Å². The summed E-state index contributed by atoms with van der Waals surface area (Å²) in [6.45, 7) is 1.14. The van der Waals surface area contributed by atoms with E-state index in [9.17, 15) is 0 Å². The van der Waals surface area contributed by atoms with Crippen molar-refractivity contribution in [3.05, 3.63) is 89.7 Å². The van der Waals surface area contributed by atoms with Gasteiger partial charge < -0.3 is 9.47 Å². The summed E-state index contributed by atoms with van der Waals surface area (Å²) >= 11 is 0. The molecule has 2 unspecified atom stereocenters. The molecule has 140 valence electrons. The molecule has 1 saturated heterocycles. The fraction of sp³-hybridized carbons (Fsp3) is 0.182. The Morgan fingerprint density at radius 2 is 1.96 bits per heavy atom. The normalized spacial score (nSPS) is 18.4. The number of hydrogen-bond acceptors (Lipinski definition) is 6. The third kappa shape index (κ3) is 4.29. The van der Waals surface area contributed by atoms with Crippen LogP contribution in [0.3, 0.4) is 0 Å². The van der Waals surface area contributed by atoms with Crippen LogP contribution in [0, 0.1) is 11.3 Å². The molecular formula is C22H20N4O2. The summed E-state index contributed by atoms with van der Waals surface area (Å²) in [6.07, 6.45) is 3.46. The van der Waals surface area contributed by atoms with E-state index in [1.54, 1.807) is 24.5 Å². The number of hydrogen-bond donors (Lipinski definition) is 2. The van der Waals surface area contributed by atoms with Crippen molar-refractivity contribution >= 4 is 0 Å². The van der Waals surface area contributed by atoms with Gasteiger partial charge in [0.05, 0.1) is 17.7 Å². The third-order valence-corrected chi connectivity index (χ3v) is 4.55. The van der Waals surface area contributed by atoms with Crippen LogP contribution in [0.15, 0.2) is 73.1 Å². The molecule has 1 aliphatic heterocycles. The van der Waals surface area contributed by atoms with Gasteiger partial charge in [0.25, 0.3) is 0 Å². The lowest BCUT2D eigenvalue weighted by molar-refractivity contribution is 0.197. The molecule has 2 atom stereocenters. The average Bonchev–Trinajstić information content (AvgIpc) is 3.22. The molecule has 2 N–H and O–H groups in total. The van der Waals surface area contributed by atoms with Crippen LogP contribution >= 0.6 is 0 Å². The van der Waals surface area contributed by atoms with Gasteiger partial charge in [0.2, 0.25) is 0 Å². The van der Waals surface area contributed by atoms with E-state index < -0.39 is 0 Å². The van der Waals surface area contributed by atoms with Crippen molar-refractivity contribution in [1.82, 2.24) is 15.8 Å². The van der Waals surface area contributed by atoms with E-state index in [2.05, 4.69) is 28.0 Å². The first-order valence-corrected chi connectivity index (χ1v) is 9.09. The molecule has 1 aromatic heterocycles. The molecule has 0 bridgehead atoms. The van der Waals surface area contributed by atoms with Gasteiger partial charge in [0, 0.05) is 24.5 Å². The highest BCUT2D eigenvalue weighted by Gasteiger charge is 2.30. The van der Waals surface area contributed by atoms with Gasteiger partial charge in [-0.1, -0.05) is 18.2 Å². The molecular weight excluding hydrogens is 352 g/mol. The number of benzene rings is 2. The van der Waals surface area contributed by atoms with E-state index in [4.69, 9.17) is 14.7 Å². The van der Waals surface area contributed by atoms with E-state index in [0.717, 1.165) is 22.6 Å². The molecule has 0 spiro atoms. The molecule has 4 rings (SSSR count). The van der Waals surface area contributed by atoms with Gasteiger partial charge in [-0.25, -0.2) is 5.43 Å². The Labute approximate surface area is 163 Å². The SMILES string of the molecule is N#Cc1ccc(OC2CNNC2c2cccc(OCc3cccnc3)c2)cc1. The minimum atomic E-state index is -0.0819. The zero-order chi connectivity index (χ0) is 19.2. The number of rotatable bonds is 6. The van der Waals surface area contributed by atoms with Crippen LogP contribution in [0.1, 0.15) is 22.7 Å². The zero-order valence-corrected chi connectivity index (χ0v) is 15.2. The lowest BCUT2D eigenvalue weighted by Gasteiger charge is -2.21. The maximum Gasteiger partial charge on any atom is 0.133 e. The van der Waals surface area contributed by atoms with Gasteiger partial charge >= 0.3 is 0 Å². The number of hydrazine groups is 1. The first kappa shape index (κ1) is 18.0. The molecule has 2 heterocycles. The van der Waals surface area contributed by atoms with Crippen LogP contribution in [-0.4, -0.2) is 17.6 Å². The van der Waals surface area contributed by atoms with Crippen LogP contribution in [0.25, 0.3) is 0 Å². The second-order valence-electron chi connectivity index (χ2n) is 6.52. The largest absolute Gasteiger partial charge is 0.489 e. The summed E-state index contributed by atoms with van der Waals surface area (Å²) in [5, 5.41) is 8.92. The van der Waals surface area contributed by atoms with Crippen LogP contribution in [0.5, 0.6) is 11.5 Å². The van der Waals surface area contributed by atoms with Crippen molar-refractivity contribution in [3.8, 4) is 17.6 Å². The second kappa shape index (κ2) is 8.53. The van der Waals surface area contributed by atoms with Gasteiger partial charge in [-0.15, -0.1) is 0 Å². The Morgan fingerprint density at radius 3 is 2.75 bits per heavy atom. The van der Waals surface area contributed by atoms with Gasteiger partial charge in [-0.3, -0.25) is 10.4 Å². The maximum absolute atomic E-state index is 8.92. The van der Waals surface area contributed by atoms with Gasteiger partial charge in [0.1, 0.15) is 24.2 Å². The number of nitrogens with zero attached hydrogens (tertiary/aromatic N) is 2. The molecule has 1 fully saturated rings. The highest BCUT2D eigenvalue weighted by Crippen LogP contribution is 2.27. The second-order valence-corrected chi connectivity index (χ2v) is 6.52. The molecule has 1 aliphatic rings. The van der Waals surface area contributed by atoms with Crippen molar-refractivity contribution in [3.63, 3.8) is 0 Å². The maximum atomic E-state index is 8.92. The van der Waals surface area contributed by atoms with Crippen LogP contribution < -0.4 is 20.3 Å². The van der Waals surface area contributed by atoms with Crippen molar-refractivity contribution in [2.75, 3.05) is 6.54 Å². The van der Waals surface area contributed by atoms with Gasteiger partial charge in [-0.2, -0.15) is 5.26 Å². The van der Waals surface area contributed by atoms with Crippen molar-refractivity contribution < 1.29 is 9.47 Å². The minimum Gasteiger partial charge on any atom is -0.489 e. The Bertz CT molecular complexity index is 954. The topological polar surface area (TPSA) is 79.2 Å². The Balaban J connectivity index is 1.44. The highest BCUT2D eigenvalue weighted by atomic mass is 16.5. The highest BCUT2D eigenvalue weighted by molar-refractivity contribution is 5.36. The third-order valence-electron chi connectivity index (χ3n) is 4.55. The number of nitrogens with one attached hydrogen (secondary N) is 2. The summed E-state index contributed by atoms with van der Waals surface area (Å²) < 4.78 is 12.0. The number of aromatic nitrogens is 1. The lowest BCUT2D eigenvalue weighted by atomic mass is 10.0. The van der Waals surface area contributed by atoms with Crippen LogP contribution in [0.2, 0.25) is 0 Å². The number of ether oxygens (including phenoxy) is 2. The standard InChI is InChI=1S/C22H20N4O2/c23-12-16-6-8-19(9-7-16)28-21-14-25-26-22(21)18-4-1-5-20(11-18)27-15-17-3-2-10-24-13-17/h1-11,13,21-22,25-26H,14-15H2. The Kier molecular flexibility index (Phi) is 5.48. The summed E-state index contributed by atoms with van der Waals surface area (Å²) in [6, 6.07) is 21.1. The molecule has 0 saturated carbocycles. The predicted molar refractivity (Wildman–Crippen MR) is 104 cm³/mol. The molecule has 6 heteroatoms. The average molecular weight is 372 g/mol. The van der Waals surface area contributed by atoms with E-state index in [1.165, 1.54) is 0 Å². The molecule has 2 aromatic carbocycles. The van der Waals surface area contributed by atoms with Gasteiger partial charge in [-0.05, 0) is 48.0 Å². The molecule has 0 amide bonds. The fourth-order valence-corrected chi connectivity index (χ4v) is 3.12. The molecule has 6 nitrogen and oxygen atoms in total. The summed E-state index contributed by atoms with van der Waals surface area (Å²) in [4.78, 5) is 4.11. The fourth-order valence-electron chi connectivity index (χ4n) is 3.12. The van der Waals surface area contributed by atoms with E-state index in [1.807, 2.05) is 42.5 Å². The Hall–Kier alpha value is -3.40. The molecule has 0 radical (unpaired) electrons. The first-order valence-electron chi connectivity index (χ1n) is 9.09. The summed E-state index contributed by atoms with van der Waals surface area (Å²) in [5.74, 6) is 1.54. The quantitative estimate of drug-likeness (QED) is 0.692. The monoisotopic (exact) mass is 372 g/mol. The van der Waals surface area contributed by atoms with Gasteiger partial charge in [0.15, 0.2) is 0 Å². The number of pyridine rings is 1. The van der Waals surface area contributed by atoms with E-state index in [0.29, 0.717) is 18.7 Å². The number of nitriles is 1. The molecule has 3 aromatic rings. The minimum absolute atomic E-state index is 0.0161. The molecule has 0 aliphatic carbocycles. The van der Waals surface area contributed by atoms with E-state index >= 15 is 0 Å². The predicted octanol–water partition coefficient (Wildman–Crippen LogP) is 3.13.